The van der Waals surface area contributed by atoms with Crippen LogP contribution in [0, 0.1) is 19.8 Å². The molecule has 0 aromatic heterocycles. The van der Waals surface area contributed by atoms with E-state index in [0.29, 0.717) is 5.92 Å². The maximum Gasteiger partial charge on any atom is 0.235 e. The number of hydrogen-bond acceptors (Lipinski definition) is 2. The lowest BCUT2D eigenvalue weighted by Crippen LogP contribution is -2.08. The van der Waals surface area contributed by atoms with E-state index in [4.69, 9.17) is 0 Å². The first kappa shape index (κ1) is 10.1. The van der Waals surface area contributed by atoms with E-state index >= 15 is 0 Å². The number of aryl methyl sites for hydroxylation is 1. The molecule has 1 aliphatic rings. The van der Waals surface area contributed by atoms with Crippen molar-refractivity contribution in [2.24, 2.45) is 10.9 Å². The molecule has 0 spiro atoms. The van der Waals surface area contributed by atoms with Crippen LogP contribution in [0.4, 0.5) is 0 Å². The fourth-order valence-electron chi connectivity index (χ4n) is 2.30. The van der Waals surface area contributed by atoms with E-state index in [0.717, 1.165) is 6.42 Å². The predicted octanol–water partition coefficient (Wildman–Crippen LogP) is 2.87. The van der Waals surface area contributed by atoms with Gasteiger partial charge in [0.05, 0.1) is 0 Å². The molecule has 2 nitrogen and oxygen atoms in total. The Balaban J connectivity index is 2.54. The highest BCUT2D eigenvalue weighted by molar-refractivity contribution is 5.47. The normalized spacial score (nSPS) is 28.3. The smallest absolute Gasteiger partial charge is 0.211 e. The summed E-state index contributed by atoms with van der Waals surface area (Å²) in [5.74, 6) is 0.458. The van der Waals surface area contributed by atoms with Crippen LogP contribution in [-0.4, -0.2) is 6.08 Å². The molecule has 2 atom stereocenters. The van der Waals surface area contributed by atoms with E-state index < -0.39 is 0 Å². The highest BCUT2D eigenvalue weighted by Gasteiger charge is 2.53. The second kappa shape index (κ2) is 3.32. The largest absolute Gasteiger partial charge is 0.235 e. The van der Waals surface area contributed by atoms with E-state index in [1.165, 1.54) is 16.7 Å². The molecular weight excluding hydrogens is 186 g/mol. The molecule has 0 bridgehead atoms. The minimum Gasteiger partial charge on any atom is -0.211 e. The van der Waals surface area contributed by atoms with Crippen LogP contribution in [-0.2, 0) is 10.3 Å². The number of hydrogen-bond donors (Lipinski definition) is 0. The molecule has 0 radical (unpaired) electrons. The quantitative estimate of drug-likeness (QED) is 0.534. The molecule has 15 heavy (non-hydrogen) atoms. The van der Waals surface area contributed by atoms with Crippen molar-refractivity contribution in [2.75, 3.05) is 0 Å². The lowest BCUT2D eigenvalue weighted by atomic mass is 9.95. The summed E-state index contributed by atoms with van der Waals surface area (Å²) in [4.78, 5) is 14.5. The molecular formula is C13H15NO. The van der Waals surface area contributed by atoms with E-state index in [1.807, 2.05) is 6.07 Å². The predicted molar refractivity (Wildman–Crippen MR) is 59.5 cm³/mol. The number of nitrogens with zero attached hydrogens (tertiary/aromatic N) is 1. The van der Waals surface area contributed by atoms with Crippen molar-refractivity contribution in [3.8, 4) is 0 Å². The van der Waals surface area contributed by atoms with Gasteiger partial charge in [0.1, 0.15) is 5.54 Å². The van der Waals surface area contributed by atoms with Gasteiger partial charge in [-0.25, -0.2) is 4.79 Å². The average Bonchev–Trinajstić information content (AvgIpc) is 2.83. The Hall–Kier alpha value is -1.40. The Morgan fingerprint density at radius 3 is 2.67 bits per heavy atom. The van der Waals surface area contributed by atoms with Gasteiger partial charge in [-0.15, -0.1) is 0 Å². The lowest BCUT2D eigenvalue weighted by molar-refractivity contribution is 0.551. The van der Waals surface area contributed by atoms with Crippen LogP contribution in [0.2, 0.25) is 0 Å². The van der Waals surface area contributed by atoms with E-state index in [9.17, 15) is 4.79 Å². The van der Waals surface area contributed by atoms with Gasteiger partial charge in [0, 0.05) is 0 Å². The number of benzene rings is 1. The zero-order chi connectivity index (χ0) is 11.1. The maximum atomic E-state index is 10.5. The first-order valence-electron chi connectivity index (χ1n) is 5.27. The van der Waals surface area contributed by atoms with Crippen molar-refractivity contribution in [3.05, 3.63) is 34.9 Å². The molecule has 2 heteroatoms. The van der Waals surface area contributed by atoms with Crippen LogP contribution in [0.25, 0.3) is 0 Å². The Kier molecular flexibility index (Phi) is 2.24. The Morgan fingerprint density at radius 2 is 2.13 bits per heavy atom. The van der Waals surface area contributed by atoms with Crippen molar-refractivity contribution in [1.29, 1.82) is 0 Å². The second-order valence-corrected chi connectivity index (χ2v) is 4.48. The molecule has 0 saturated heterocycles. The van der Waals surface area contributed by atoms with Gasteiger partial charge in [-0.2, -0.15) is 4.99 Å². The third-order valence-electron chi connectivity index (χ3n) is 3.59. The zero-order valence-electron chi connectivity index (χ0n) is 9.37. The Bertz CT molecular complexity index is 446. The molecule has 0 N–H and O–H groups in total. The third-order valence-corrected chi connectivity index (χ3v) is 3.59. The summed E-state index contributed by atoms with van der Waals surface area (Å²) in [6.45, 7) is 6.31. The Morgan fingerprint density at radius 1 is 1.47 bits per heavy atom. The highest BCUT2D eigenvalue weighted by atomic mass is 16.1. The molecule has 2 unspecified atom stereocenters. The number of carbonyl (C=O) groups excluding carboxylic acids is 1. The summed E-state index contributed by atoms with van der Waals surface area (Å²) in [7, 11) is 0. The molecule has 0 aliphatic heterocycles. The first-order valence-corrected chi connectivity index (χ1v) is 5.27. The standard InChI is InChI=1S/C13H15NO/c1-9-5-4-6-12(11(9)3)13(14-8-15)7-10(13)2/h4-6,10H,7H2,1-3H3. The SMILES string of the molecule is Cc1cccc(C2(N=C=O)CC2C)c1C. The van der Waals surface area contributed by atoms with Crippen LogP contribution >= 0.6 is 0 Å². The number of isocyanates is 1. The fourth-order valence-corrected chi connectivity index (χ4v) is 2.30. The van der Waals surface area contributed by atoms with Crippen LogP contribution in [0.15, 0.2) is 23.2 Å². The van der Waals surface area contributed by atoms with Crippen LogP contribution in [0.3, 0.4) is 0 Å². The van der Waals surface area contributed by atoms with Crippen LogP contribution in [0.5, 0.6) is 0 Å². The van der Waals surface area contributed by atoms with Gasteiger partial charge in [0.15, 0.2) is 0 Å². The topological polar surface area (TPSA) is 29.4 Å². The van der Waals surface area contributed by atoms with E-state index in [-0.39, 0.29) is 5.54 Å². The molecule has 1 aliphatic carbocycles. The van der Waals surface area contributed by atoms with Gasteiger partial charge >= 0.3 is 0 Å². The van der Waals surface area contributed by atoms with E-state index in [2.05, 4.69) is 37.9 Å². The van der Waals surface area contributed by atoms with Crippen molar-refractivity contribution in [3.63, 3.8) is 0 Å². The summed E-state index contributed by atoms with van der Waals surface area (Å²) in [6, 6.07) is 6.20. The third kappa shape index (κ3) is 1.42. The van der Waals surface area contributed by atoms with Crippen LogP contribution in [0.1, 0.15) is 30.0 Å². The van der Waals surface area contributed by atoms with Crippen LogP contribution < -0.4 is 0 Å². The molecule has 1 fully saturated rings. The molecule has 78 valence electrons. The zero-order valence-corrected chi connectivity index (χ0v) is 9.37. The summed E-state index contributed by atoms with van der Waals surface area (Å²) >= 11 is 0. The molecule has 1 aromatic rings. The van der Waals surface area contributed by atoms with Gasteiger partial charge in [-0.05, 0) is 42.9 Å². The average molecular weight is 201 g/mol. The minimum absolute atomic E-state index is 0.266. The van der Waals surface area contributed by atoms with Gasteiger partial charge < -0.3 is 0 Å². The fraction of sp³-hybridized carbons (Fsp3) is 0.462. The second-order valence-electron chi connectivity index (χ2n) is 4.48. The molecule has 0 heterocycles. The first-order chi connectivity index (χ1) is 7.12. The lowest BCUT2D eigenvalue weighted by Gasteiger charge is -2.14. The van der Waals surface area contributed by atoms with Crippen molar-refractivity contribution >= 4 is 6.08 Å². The van der Waals surface area contributed by atoms with Gasteiger partial charge in [0.2, 0.25) is 6.08 Å². The summed E-state index contributed by atoms with van der Waals surface area (Å²) in [5.41, 5.74) is 3.43. The van der Waals surface area contributed by atoms with Crippen molar-refractivity contribution in [2.45, 2.75) is 32.7 Å². The summed E-state index contributed by atoms with van der Waals surface area (Å²) < 4.78 is 0. The van der Waals surface area contributed by atoms with Gasteiger partial charge in [-0.3, -0.25) is 0 Å². The summed E-state index contributed by atoms with van der Waals surface area (Å²) in [5, 5.41) is 0. The van der Waals surface area contributed by atoms with Crippen molar-refractivity contribution < 1.29 is 4.79 Å². The monoisotopic (exact) mass is 201 g/mol. The van der Waals surface area contributed by atoms with Crippen molar-refractivity contribution in [1.82, 2.24) is 0 Å². The molecule has 1 saturated carbocycles. The molecule has 0 amide bonds. The Labute approximate surface area is 90.0 Å². The van der Waals surface area contributed by atoms with Gasteiger partial charge in [0.25, 0.3) is 0 Å². The highest BCUT2D eigenvalue weighted by Crippen LogP contribution is 2.55. The number of rotatable bonds is 2. The van der Waals surface area contributed by atoms with E-state index in [1.54, 1.807) is 6.08 Å². The number of aliphatic imine (C=N–C) groups is 1. The van der Waals surface area contributed by atoms with Gasteiger partial charge in [-0.1, -0.05) is 25.1 Å². The molecule has 1 aromatic carbocycles. The summed E-state index contributed by atoms with van der Waals surface area (Å²) in [6.07, 6.45) is 2.69. The maximum absolute atomic E-state index is 10.5. The minimum atomic E-state index is -0.266. The molecule has 2 rings (SSSR count).